The first-order chi connectivity index (χ1) is 7.66. The van der Waals surface area contributed by atoms with Gasteiger partial charge in [0.05, 0.1) is 0 Å². The molecular formula is C21H67NOS. The molecule has 0 aliphatic heterocycles. The van der Waals surface area contributed by atoms with E-state index in [0.29, 0.717) is 0 Å². The zero-order chi connectivity index (χ0) is 13.7. The van der Waals surface area contributed by atoms with Crippen LogP contribution >= 0.6 is 11.8 Å². The molecule has 0 radical (unpaired) electrons. The molecule has 0 aromatic heterocycles. The maximum absolute atomic E-state index is 4.54. The summed E-state index contributed by atoms with van der Waals surface area (Å²) in [5.74, 6) is 1.24. The van der Waals surface area contributed by atoms with Crippen LogP contribution in [0.5, 0.6) is 0 Å². The van der Waals surface area contributed by atoms with Gasteiger partial charge in [-0.05, 0) is 32.5 Å². The fourth-order valence-electron chi connectivity index (χ4n) is 0. The molecule has 2 nitrogen and oxygen atoms in total. The summed E-state index contributed by atoms with van der Waals surface area (Å²) in [6.45, 7) is 12.4. The van der Waals surface area contributed by atoms with Gasteiger partial charge < -0.3 is 10.1 Å². The molecule has 0 bridgehead atoms. The van der Waals surface area contributed by atoms with Crippen molar-refractivity contribution in [3.8, 4) is 0 Å². The Balaban J connectivity index is -0.00000000720. The Hall–Kier alpha value is 0.270. The highest BCUT2D eigenvalue weighted by atomic mass is 32.2. The number of rotatable bonds is 4. The Morgan fingerprint density at radius 3 is 0.875 bits per heavy atom. The highest BCUT2D eigenvalue weighted by Gasteiger charge is 1.56. The van der Waals surface area contributed by atoms with Crippen molar-refractivity contribution in [2.24, 2.45) is 0 Å². The first-order valence-corrected chi connectivity index (χ1v) is 7.68. The largest absolute Gasteiger partial charge is 0.385 e. The second-order valence-corrected chi connectivity index (χ2v) is 4.02. The second-order valence-electron chi connectivity index (χ2n) is 2.86. The normalized spacial score (nSPS) is 5.00. The molecule has 0 aromatic carbocycles. The van der Waals surface area contributed by atoms with Crippen molar-refractivity contribution in [2.75, 3.05) is 39.3 Å². The number of methoxy groups -OCH3 is 1. The average Bonchev–Trinajstić information content (AvgIpc) is 2.39. The number of hydrogen-bond acceptors (Lipinski definition) is 3. The standard InChI is InChI=1S/C4H10.C3H9N.C3H8O.C3H8S.8CH4/c4*1-3-4-2;;;;;;;;/h3-4H2,1-2H3;4H,3H2,1-2H3;2*3H2,1-2H3;8*1H4. The fourth-order valence-corrected chi connectivity index (χ4v) is 0. The van der Waals surface area contributed by atoms with Gasteiger partial charge in [-0.3, -0.25) is 0 Å². The van der Waals surface area contributed by atoms with Crippen molar-refractivity contribution in [3.05, 3.63) is 0 Å². The first-order valence-electron chi connectivity index (χ1n) is 6.28. The van der Waals surface area contributed by atoms with Crippen molar-refractivity contribution in [2.45, 2.75) is 107 Å². The van der Waals surface area contributed by atoms with Gasteiger partial charge in [-0.15, -0.1) is 0 Å². The van der Waals surface area contributed by atoms with Gasteiger partial charge in [0.1, 0.15) is 0 Å². The lowest BCUT2D eigenvalue weighted by atomic mass is 10.4. The Labute approximate surface area is 168 Å². The molecular weight excluding hydrogens is 314 g/mol. The number of nitrogens with one attached hydrogen (secondary N) is 1. The van der Waals surface area contributed by atoms with E-state index in [0.717, 1.165) is 13.2 Å². The van der Waals surface area contributed by atoms with Crippen LogP contribution in [0.4, 0.5) is 0 Å². The summed E-state index contributed by atoms with van der Waals surface area (Å²) >= 11 is 1.86. The van der Waals surface area contributed by atoms with Gasteiger partial charge in [-0.2, -0.15) is 11.8 Å². The summed E-state index contributed by atoms with van der Waals surface area (Å²) in [5, 5.41) is 2.93. The first kappa shape index (κ1) is 87.3. The molecule has 0 amide bonds. The van der Waals surface area contributed by atoms with Crippen LogP contribution in [-0.2, 0) is 4.74 Å². The molecule has 1 N–H and O–H groups in total. The second kappa shape index (κ2) is 169. The summed E-state index contributed by atoms with van der Waals surface area (Å²) < 4.78 is 4.54. The van der Waals surface area contributed by atoms with E-state index in [1.54, 1.807) is 7.11 Å². The van der Waals surface area contributed by atoms with E-state index in [1.807, 2.05) is 25.7 Å². The lowest BCUT2D eigenvalue weighted by Gasteiger charge is -1.76. The Bertz CT molecular complexity index is 41.8. The average molecular weight is 382 g/mol. The van der Waals surface area contributed by atoms with Crippen LogP contribution in [0.2, 0.25) is 0 Å². The van der Waals surface area contributed by atoms with E-state index >= 15 is 0 Å². The van der Waals surface area contributed by atoms with Crippen molar-refractivity contribution < 1.29 is 4.74 Å². The smallest absolute Gasteiger partial charge is 0.0433 e. The minimum absolute atomic E-state index is 0. The van der Waals surface area contributed by atoms with Crippen LogP contribution in [-0.4, -0.2) is 39.3 Å². The molecule has 0 aliphatic rings. The molecule has 168 valence electrons. The monoisotopic (exact) mass is 381 g/mol. The molecule has 0 unspecified atom stereocenters. The van der Waals surface area contributed by atoms with Gasteiger partial charge >= 0.3 is 0 Å². The van der Waals surface area contributed by atoms with Crippen LogP contribution in [0.1, 0.15) is 107 Å². The Morgan fingerprint density at radius 2 is 0.875 bits per heavy atom. The number of thioether (sulfide) groups is 1. The van der Waals surface area contributed by atoms with Gasteiger partial charge in [0.25, 0.3) is 0 Å². The SMILES string of the molecule is C.C.C.C.C.C.C.C.CCCC.CCNC.CCOC.CCSC. The third kappa shape index (κ3) is 553. The molecule has 3 heteroatoms. The van der Waals surface area contributed by atoms with Crippen LogP contribution in [0.25, 0.3) is 0 Å². The molecule has 0 fully saturated rings. The number of hydrogen-bond donors (Lipinski definition) is 1. The van der Waals surface area contributed by atoms with Gasteiger partial charge in [0.15, 0.2) is 0 Å². The minimum atomic E-state index is 0. The molecule has 0 saturated carbocycles. The van der Waals surface area contributed by atoms with Crippen LogP contribution in [0.3, 0.4) is 0 Å². The van der Waals surface area contributed by atoms with E-state index in [-0.39, 0.29) is 59.4 Å². The number of unbranched alkanes of at least 4 members (excludes halogenated alkanes) is 1. The van der Waals surface area contributed by atoms with Gasteiger partial charge in [-0.1, -0.05) is 99.9 Å². The predicted molar refractivity (Wildman–Crippen MR) is 136 cm³/mol. The fraction of sp³-hybridized carbons (Fsp3) is 1.00. The van der Waals surface area contributed by atoms with Crippen LogP contribution in [0, 0.1) is 0 Å². The third-order valence-corrected chi connectivity index (χ3v) is 2.01. The Morgan fingerprint density at radius 1 is 0.708 bits per heavy atom. The van der Waals surface area contributed by atoms with E-state index < -0.39 is 0 Å². The van der Waals surface area contributed by atoms with Crippen molar-refractivity contribution in [1.82, 2.24) is 5.32 Å². The van der Waals surface area contributed by atoms with Crippen molar-refractivity contribution in [1.29, 1.82) is 0 Å². The lowest BCUT2D eigenvalue weighted by molar-refractivity contribution is 0.215. The Kier molecular flexibility index (Phi) is 614. The predicted octanol–water partition coefficient (Wildman–Crippen LogP) is 9.14. The quantitative estimate of drug-likeness (QED) is 0.524. The summed E-state index contributed by atoms with van der Waals surface area (Å²) in [7, 11) is 3.61. The van der Waals surface area contributed by atoms with Gasteiger partial charge in [0, 0.05) is 13.7 Å². The van der Waals surface area contributed by atoms with E-state index in [9.17, 15) is 0 Å². The van der Waals surface area contributed by atoms with Crippen molar-refractivity contribution >= 4 is 11.8 Å². The molecule has 0 heterocycles. The zero-order valence-corrected chi connectivity index (χ0v) is 13.7. The van der Waals surface area contributed by atoms with E-state index in [1.165, 1.54) is 18.6 Å². The molecule has 24 heavy (non-hydrogen) atoms. The molecule has 0 rings (SSSR count). The molecule has 0 aromatic rings. The summed E-state index contributed by atoms with van der Waals surface area (Å²) in [5.41, 5.74) is 0. The zero-order valence-electron chi connectivity index (χ0n) is 12.9. The summed E-state index contributed by atoms with van der Waals surface area (Å²) in [4.78, 5) is 0. The molecule has 0 aliphatic carbocycles. The van der Waals surface area contributed by atoms with Gasteiger partial charge in [0.2, 0.25) is 0 Å². The minimum Gasteiger partial charge on any atom is -0.385 e. The maximum atomic E-state index is 4.54. The van der Waals surface area contributed by atoms with E-state index in [4.69, 9.17) is 0 Å². The van der Waals surface area contributed by atoms with Crippen molar-refractivity contribution in [3.63, 3.8) is 0 Å². The third-order valence-electron chi connectivity index (χ3n) is 1.43. The van der Waals surface area contributed by atoms with Crippen LogP contribution in [0.15, 0.2) is 0 Å². The molecule has 0 spiro atoms. The van der Waals surface area contributed by atoms with E-state index in [2.05, 4.69) is 44.0 Å². The van der Waals surface area contributed by atoms with Crippen LogP contribution < -0.4 is 5.32 Å². The van der Waals surface area contributed by atoms with Gasteiger partial charge in [-0.25, -0.2) is 0 Å². The maximum Gasteiger partial charge on any atom is 0.0433 e. The lowest BCUT2D eigenvalue weighted by Crippen LogP contribution is -2.01. The summed E-state index contributed by atoms with van der Waals surface area (Å²) in [6, 6.07) is 0. The summed E-state index contributed by atoms with van der Waals surface area (Å²) in [6.07, 6.45) is 4.74. The highest BCUT2D eigenvalue weighted by Crippen LogP contribution is 1.83. The topological polar surface area (TPSA) is 21.3 Å². The highest BCUT2D eigenvalue weighted by molar-refractivity contribution is 7.98. The molecule has 0 atom stereocenters. The molecule has 0 saturated heterocycles. The number of ether oxygens (including phenoxy) is 1.